The van der Waals surface area contributed by atoms with Gasteiger partial charge >= 0.3 is 17.9 Å². The van der Waals surface area contributed by atoms with Crippen LogP contribution in [-0.2, 0) is 52.6 Å². The fraction of sp³-hybridized carbons (Fsp3) is 0.866. The van der Waals surface area contributed by atoms with Gasteiger partial charge in [0.2, 0.25) is 35.4 Å². The second-order valence-corrected chi connectivity index (χ2v) is 25.5. The van der Waals surface area contributed by atoms with Crippen LogP contribution in [0.4, 0.5) is 0 Å². The van der Waals surface area contributed by atoms with E-state index in [1.165, 1.54) is 109 Å². The number of rotatable bonds is 64. The van der Waals surface area contributed by atoms with Gasteiger partial charge in [-0.2, -0.15) is 11.8 Å². The molecule has 0 radical (unpaired) electrons. The Bertz CT molecular complexity index is 1970. The molecule has 16 N–H and O–H groups in total. The van der Waals surface area contributed by atoms with E-state index in [0.717, 1.165) is 63.6 Å². The third kappa shape index (κ3) is 48.7. The van der Waals surface area contributed by atoms with E-state index in [0.29, 0.717) is 82.6 Å². The molecule has 6 amide bonds. The van der Waals surface area contributed by atoms with Crippen molar-refractivity contribution in [2.24, 2.45) is 22.9 Å². The highest BCUT2D eigenvalue weighted by atomic mass is 32.2. The Kier molecular flexibility index (Phi) is 55.9. The Hall–Kier alpha value is -4.62. The summed E-state index contributed by atoms with van der Waals surface area (Å²) in [4.78, 5) is 121. The summed E-state index contributed by atoms with van der Waals surface area (Å²) in [6.07, 6.45) is 33.3. The normalized spacial score (nSPS) is 13.7. The summed E-state index contributed by atoms with van der Waals surface area (Å²) in [5.74, 6) is -7.48. The number of amides is 6. The average Bonchev–Trinajstić information content (AvgIpc) is 1.25. The van der Waals surface area contributed by atoms with Crippen molar-refractivity contribution in [3.05, 3.63) is 0 Å². The molecule has 91 heavy (non-hydrogen) atoms. The van der Waals surface area contributed by atoms with Crippen LogP contribution >= 0.6 is 11.8 Å². The number of ether oxygens (including phenoxy) is 2. The van der Waals surface area contributed by atoms with Crippen LogP contribution < -0.4 is 54.8 Å². The number of unbranched alkanes of at least 4 members (excludes halogenated alkanes) is 28. The van der Waals surface area contributed by atoms with E-state index in [2.05, 4.69) is 40.4 Å². The van der Waals surface area contributed by atoms with Crippen LogP contribution in [0.3, 0.4) is 0 Å². The maximum Gasteiger partial charge on any atom is 0.326 e. The van der Waals surface area contributed by atoms with Gasteiger partial charge in [-0.15, -0.1) is 0 Å². The van der Waals surface area contributed by atoms with Crippen molar-refractivity contribution in [2.45, 2.75) is 320 Å². The van der Waals surface area contributed by atoms with Crippen molar-refractivity contribution in [3.63, 3.8) is 0 Å². The zero-order valence-corrected chi connectivity index (χ0v) is 57.3. The molecule has 0 fully saturated rings. The van der Waals surface area contributed by atoms with Crippen LogP contribution in [0.5, 0.6) is 0 Å². The molecule has 0 aromatic heterocycles. The van der Waals surface area contributed by atoms with Crippen LogP contribution in [0.25, 0.3) is 0 Å². The van der Waals surface area contributed by atoms with Gasteiger partial charge in [0.25, 0.3) is 0 Å². The molecule has 23 nitrogen and oxygen atoms in total. The molecule has 0 aromatic carbocycles. The van der Waals surface area contributed by atoms with Gasteiger partial charge < -0.3 is 74.5 Å². The fourth-order valence-corrected chi connectivity index (χ4v) is 11.5. The molecule has 0 aromatic rings. The van der Waals surface area contributed by atoms with Crippen molar-refractivity contribution in [3.8, 4) is 0 Å². The number of nitrogens with one attached hydrogen (secondary N) is 6. The van der Waals surface area contributed by atoms with Crippen molar-refractivity contribution in [2.75, 3.05) is 50.9 Å². The van der Waals surface area contributed by atoms with E-state index < -0.39 is 102 Å². The highest BCUT2D eigenvalue weighted by Crippen LogP contribution is 2.18. The summed E-state index contributed by atoms with van der Waals surface area (Å²) < 4.78 is 20.1. The molecule has 0 unspecified atom stereocenters. The number of carbonyl (C=O) groups is 9. The summed E-state index contributed by atoms with van der Waals surface area (Å²) in [5, 5.41) is 33.7. The largest absolute Gasteiger partial charge is 0.480 e. The summed E-state index contributed by atoms with van der Waals surface area (Å²) in [5.41, 5.74) is 22.9. The summed E-state index contributed by atoms with van der Waals surface area (Å²) >= 11 is 1.06. The van der Waals surface area contributed by atoms with Gasteiger partial charge in [0.1, 0.15) is 49.0 Å². The van der Waals surface area contributed by atoms with Crippen LogP contribution in [0.1, 0.15) is 278 Å². The van der Waals surface area contributed by atoms with Crippen molar-refractivity contribution < 1.29 is 64.2 Å². The Balaban J connectivity index is 6.19. The van der Waals surface area contributed by atoms with Crippen molar-refractivity contribution in [1.82, 2.24) is 31.9 Å². The van der Waals surface area contributed by atoms with E-state index in [4.69, 9.17) is 33.8 Å². The number of hydrogen-bond donors (Lipinski definition) is 12. The lowest BCUT2D eigenvalue weighted by molar-refractivity contribution is -0.157. The van der Waals surface area contributed by atoms with Crippen molar-refractivity contribution >= 4 is 65.1 Å². The third-order valence-electron chi connectivity index (χ3n) is 16.0. The average molecular weight is 1310 g/mol. The molecule has 530 valence electrons. The minimum absolute atomic E-state index is 0.00680. The Morgan fingerprint density at radius 3 is 1.05 bits per heavy atom. The number of nitrogens with two attached hydrogens (primary N) is 4. The Morgan fingerprint density at radius 1 is 0.407 bits per heavy atom. The monoisotopic (exact) mass is 1310 g/mol. The Labute approximate surface area is 552 Å². The zero-order valence-electron chi connectivity index (χ0n) is 57.5. The van der Waals surface area contributed by atoms with Crippen LogP contribution in [0, 0.1) is 0 Å². The maximum absolute atomic E-state index is 14.2. The van der Waals surface area contributed by atoms with Gasteiger partial charge in [-0.1, -0.05) is 168 Å². The number of carboxylic acids is 1. The first-order chi connectivity index (χ1) is 44.4. The fourth-order valence-electron chi connectivity index (χ4n) is 10.5. The minimum atomic E-state index is -1.70. The molecule has 0 aliphatic heterocycles. The second kappa shape index (κ2) is 60.3. The minimum Gasteiger partial charge on any atom is -0.480 e. The second-order valence-electron chi connectivity index (χ2n) is 24.4. The number of carboxylic acid groups (broad SMARTS) is 1. The zero-order chi connectivity index (χ0) is 68.4. The summed E-state index contributed by atoms with van der Waals surface area (Å²) in [7, 11) is 0. The number of hydrogen-bond acceptors (Lipinski definition) is 17. The molecule has 0 aliphatic rings. The van der Waals surface area contributed by atoms with E-state index >= 15 is 0 Å². The molecular weight excluding hydrogens is 1180 g/mol. The third-order valence-corrected chi connectivity index (χ3v) is 17.2. The first-order valence-corrected chi connectivity index (χ1v) is 36.5. The number of carbonyl (C=O) groups excluding carboxylic acids is 8. The van der Waals surface area contributed by atoms with Crippen LogP contribution in [-0.4, -0.2) is 157 Å². The van der Waals surface area contributed by atoms with Gasteiger partial charge in [-0.3, -0.25) is 38.4 Å². The van der Waals surface area contributed by atoms with E-state index in [9.17, 15) is 53.4 Å². The molecule has 0 spiro atoms. The molecule has 0 aliphatic carbocycles. The number of thioether (sulfide) groups is 1. The standard InChI is InChI=1S/C67H128N10O13S/c1-4-6-8-10-12-14-16-18-20-22-24-26-28-42-60(80)89-49-53(90-61(81)43-29-27-25-23-21-19-17-15-13-11-9-7-5-2)50-91-51-59(72-52(3)79)66(86)77-58(48-78)65(85)75-55(39-31-35-45-69)63(83)73-54(38-30-34-44-68)62(82)74-56(40-32-36-46-70)64(84)76-57(67(87)88)41-33-37-47-71/h53-59,78H,4-51,68-71H2,1-3H3,(H,72,79)(H,73,83)(H,74,82)(H,75,85)(H,76,84)(H,77,86)(H,87,88)/t53-,54+,55+,56+,57+,58+,59+/m1/s1/i/hD. The van der Waals surface area contributed by atoms with Gasteiger partial charge in [-0.05, 0) is 116 Å². The van der Waals surface area contributed by atoms with E-state index in [1.807, 2.05) is 0 Å². The van der Waals surface area contributed by atoms with Crippen LogP contribution in [0.2, 0.25) is 1.41 Å². The molecule has 7 atom stereocenters. The maximum atomic E-state index is 14.2. The summed E-state index contributed by atoms with van der Waals surface area (Å²) in [6, 6.07) is -8.29. The Morgan fingerprint density at radius 2 is 0.714 bits per heavy atom. The number of aliphatic carboxylic acids is 1. The molecule has 0 saturated heterocycles. The highest BCUT2D eigenvalue weighted by Gasteiger charge is 2.33. The molecule has 0 bridgehead atoms. The predicted molar refractivity (Wildman–Crippen MR) is 362 cm³/mol. The lowest BCUT2D eigenvalue weighted by Gasteiger charge is -2.27. The van der Waals surface area contributed by atoms with Gasteiger partial charge in [-0.25, -0.2) is 4.79 Å². The summed E-state index contributed by atoms with van der Waals surface area (Å²) in [6.45, 7) is 5.48. The highest BCUT2D eigenvalue weighted by molar-refractivity contribution is 7.99. The van der Waals surface area contributed by atoms with Crippen molar-refractivity contribution in [1.29, 1.82) is 0 Å². The van der Waals surface area contributed by atoms with Gasteiger partial charge in [0, 0.05) is 31.3 Å². The van der Waals surface area contributed by atoms with Gasteiger partial charge in [0.15, 0.2) is 1.41 Å². The lowest BCUT2D eigenvalue weighted by atomic mass is 10.0. The van der Waals surface area contributed by atoms with E-state index in [-0.39, 0.29) is 69.7 Å². The number of esters is 2. The quantitative estimate of drug-likeness (QED) is 0.0205. The first kappa shape index (κ1) is 84.4. The number of aliphatic hydroxyl groups excluding tert-OH is 1. The molecule has 0 rings (SSSR count). The molecule has 0 saturated carbocycles. The van der Waals surface area contributed by atoms with E-state index in [1.54, 1.807) is 0 Å². The predicted octanol–water partition coefficient (Wildman–Crippen LogP) is 7.66. The number of aliphatic hydroxyl groups is 1. The first-order valence-electron chi connectivity index (χ1n) is 35.8. The van der Waals surface area contributed by atoms with Crippen LogP contribution in [0.15, 0.2) is 0 Å². The van der Waals surface area contributed by atoms with Gasteiger partial charge in [0.05, 0.1) is 6.61 Å². The smallest absolute Gasteiger partial charge is 0.326 e. The molecule has 24 heteroatoms. The topological polar surface area (TPSA) is 389 Å². The SMILES string of the molecule is [2H]N(C(C)=O)[C@@H](CSC[C@@H](COC(=O)CCCCCCCCCCCCCCC)OC(=O)CCCCCCCCCCCCCCC)C(=O)N[C@@H](CO)C(=O)N[C@@H](CCCCN)C(=O)N[C@@H](CCCCN)C(=O)N[C@@H](CCCCN)C(=O)N[C@@H](CCCCN)C(=O)O. The molecule has 0 heterocycles. The molecular formula is C67H128N10O13S. The lowest BCUT2D eigenvalue weighted by Crippen LogP contribution is -2.60.